The van der Waals surface area contributed by atoms with Crippen LogP contribution >= 0.6 is 0 Å². The molecule has 0 rings (SSSR count). The zero-order chi connectivity index (χ0) is 13.3. The molecule has 0 heterocycles. The van der Waals surface area contributed by atoms with E-state index in [0.717, 1.165) is 7.11 Å². The summed E-state index contributed by atoms with van der Waals surface area (Å²) in [5.74, 6) is -2.50. The molecule has 1 N–H and O–H groups in total. The van der Waals surface area contributed by atoms with Crippen molar-refractivity contribution in [3.8, 4) is 0 Å². The smallest absolute Gasteiger partial charge is 0.467 e. The summed E-state index contributed by atoms with van der Waals surface area (Å²) in [5.41, 5.74) is 7.89. The first kappa shape index (κ1) is 15.2. The van der Waals surface area contributed by atoms with Crippen molar-refractivity contribution >= 4 is 19.7 Å². The number of carbonyl (C=O) groups excluding carboxylic acids is 2. The summed E-state index contributed by atoms with van der Waals surface area (Å²) in [6, 6.07) is 0. The van der Waals surface area contributed by atoms with Crippen LogP contribution in [0, 0.1) is 0 Å². The van der Waals surface area contributed by atoms with E-state index in [0.29, 0.717) is 0 Å². The van der Waals surface area contributed by atoms with E-state index in [1.54, 1.807) is 0 Å². The topological polar surface area (TPSA) is 131 Å². The summed E-state index contributed by atoms with van der Waals surface area (Å²) in [7, 11) is 0.570. The molecule has 2 atom stereocenters. The van der Waals surface area contributed by atoms with Gasteiger partial charge in [-0.3, -0.25) is 4.32 Å². The number of azide groups is 1. The first-order valence-electron chi connectivity index (χ1n) is 4.09. The van der Waals surface area contributed by atoms with Crippen molar-refractivity contribution in [1.29, 1.82) is 0 Å². The molecule has 0 aliphatic carbocycles. The second kappa shape index (κ2) is 8.33. The van der Waals surface area contributed by atoms with E-state index in [9.17, 15) is 19.0 Å². The molecule has 0 amide bonds. The van der Waals surface area contributed by atoms with E-state index in [-0.39, 0.29) is 7.76 Å². The zero-order valence-corrected chi connectivity index (χ0v) is 8.65. The fourth-order valence-electron chi connectivity index (χ4n) is 0.758. The predicted octanol–water partition coefficient (Wildman–Crippen LogP) is -0.780. The molecule has 2 unspecified atom stereocenters. The van der Waals surface area contributed by atoms with Crippen LogP contribution in [0.25, 0.3) is 10.4 Å². The van der Waals surface area contributed by atoms with Gasteiger partial charge in [-0.2, -0.15) is 0 Å². The molecule has 9 nitrogen and oxygen atoms in total. The van der Waals surface area contributed by atoms with Crippen molar-refractivity contribution in [3.05, 3.63) is 10.4 Å². The van der Waals surface area contributed by atoms with Crippen LogP contribution in [0.4, 0.5) is 4.32 Å². The largest absolute Gasteiger partial charge is 0.536 e. The van der Waals surface area contributed by atoms with E-state index in [4.69, 9.17) is 5.53 Å². The molecule has 0 aromatic heterocycles. The summed E-state index contributed by atoms with van der Waals surface area (Å²) < 4.78 is 24.2. The Bertz CT molecular complexity index is 323. The summed E-state index contributed by atoms with van der Waals surface area (Å²) in [6.45, 7) is -0.681. The van der Waals surface area contributed by atoms with Crippen molar-refractivity contribution in [2.45, 2.75) is 12.2 Å². The van der Waals surface area contributed by atoms with Gasteiger partial charge in [0.15, 0.2) is 18.9 Å². The van der Waals surface area contributed by atoms with Gasteiger partial charge in [0, 0.05) is 4.91 Å². The molecule has 0 aliphatic rings. The standard InChI is InChI=1S/C6H8BFN3O6/c1-15-6(14)4(17-7-8)3(12)5(13)16-2-10-11-9/h3-4,12H,2H2,1H3. The van der Waals surface area contributed by atoms with Gasteiger partial charge in [0.25, 0.3) is 0 Å². The Kier molecular flexibility index (Phi) is 7.43. The summed E-state index contributed by atoms with van der Waals surface area (Å²) in [6.07, 6.45) is -4.01. The number of nitrogens with zero attached hydrogens (tertiary/aromatic N) is 3. The van der Waals surface area contributed by atoms with Crippen molar-refractivity contribution in [3.63, 3.8) is 0 Å². The number of halogens is 1. The van der Waals surface area contributed by atoms with E-state index in [1.807, 2.05) is 0 Å². The molecule has 17 heavy (non-hydrogen) atoms. The molecular formula is C6H8BFN3O6. The van der Waals surface area contributed by atoms with Crippen LogP contribution in [0.3, 0.4) is 0 Å². The van der Waals surface area contributed by atoms with E-state index in [2.05, 4.69) is 24.2 Å². The maximum atomic E-state index is 11.8. The maximum Gasteiger partial charge on any atom is 0.536 e. The number of carbonyl (C=O) groups is 2. The van der Waals surface area contributed by atoms with Crippen molar-refractivity contribution in [2.24, 2.45) is 5.11 Å². The van der Waals surface area contributed by atoms with Gasteiger partial charge in [0.05, 0.1) is 7.11 Å². The van der Waals surface area contributed by atoms with Crippen LogP contribution < -0.4 is 0 Å². The van der Waals surface area contributed by atoms with Crippen LogP contribution in [0.2, 0.25) is 0 Å². The highest BCUT2D eigenvalue weighted by atomic mass is 19.1. The molecule has 0 aliphatic heterocycles. The number of hydrogen-bond donors (Lipinski definition) is 1. The van der Waals surface area contributed by atoms with Crippen LogP contribution in [0.15, 0.2) is 5.11 Å². The number of aliphatic hydroxyl groups excluding tert-OH is 1. The lowest BCUT2D eigenvalue weighted by molar-refractivity contribution is -0.169. The zero-order valence-electron chi connectivity index (χ0n) is 8.65. The molecule has 93 valence electrons. The van der Waals surface area contributed by atoms with Crippen molar-refractivity contribution in [2.75, 3.05) is 13.8 Å². The lowest BCUT2D eigenvalue weighted by atomic mass is 10.2. The minimum atomic E-state index is -2.11. The highest BCUT2D eigenvalue weighted by molar-refractivity contribution is 6.17. The monoisotopic (exact) mass is 248 g/mol. The third-order valence-corrected chi connectivity index (χ3v) is 1.49. The summed E-state index contributed by atoms with van der Waals surface area (Å²) in [4.78, 5) is 24.3. The Hall–Kier alpha value is -1.84. The van der Waals surface area contributed by atoms with Crippen molar-refractivity contribution in [1.82, 2.24) is 0 Å². The molecule has 0 saturated carbocycles. The van der Waals surface area contributed by atoms with Gasteiger partial charge in [0.2, 0.25) is 0 Å². The first-order valence-corrected chi connectivity index (χ1v) is 4.09. The van der Waals surface area contributed by atoms with Gasteiger partial charge in [-0.05, 0) is 5.53 Å². The number of aliphatic hydroxyl groups is 1. The lowest BCUT2D eigenvalue weighted by Crippen LogP contribution is -2.43. The Morgan fingerprint density at radius 2 is 2.24 bits per heavy atom. The first-order chi connectivity index (χ1) is 8.08. The number of methoxy groups -OCH3 is 1. The Balaban J connectivity index is 4.48. The average Bonchev–Trinajstić information content (AvgIpc) is 2.34. The quantitative estimate of drug-likeness (QED) is 0.206. The van der Waals surface area contributed by atoms with Gasteiger partial charge >= 0.3 is 19.7 Å². The third kappa shape index (κ3) is 5.16. The SMILES string of the molecule is COC(=O)C(O[B]F)C(O)C(=O)OCN=[N+]=[N-]. The molecule has 1 radical (unpaired) electrons. The highest BCUT2D eigenvalue weighted by Crippen LogP contribution is 2.04. The lowest BCUT2D eigenvalue weighted by Gasteiger charge is -2.18. The fourth-order valence-corrected chi connectivity index (χ4v) is 0.758. The second-order valence-electron chi connectivity index (χ2n) is 2.44. The van der Waals surface area contributed by atoms with Crippen molar-refractivity contribution < 1.29 is 33.1 Å². The normalized spacial score (nSPS) is 12.9. The summed E-state index contributed by atoms with van der Waals surface area (Å²) in [5, 5.41) is 12.1. The second-order valence-corrected chi connectivity index (χ2v) is 2.44. The Morgan fingerprint density at radius 1 is 1.59 bits per heavy atom. The van der Waals surface area contributed by atoms with Gasteiger partial charge in [0.1, 0.15) is 0 Å². The number of esters is 2. The van der Waals surface area contributed by atoms with Crippen LogP contribution in [-0.4, -0.2) is 50.9 Å². The molecule has 0 bridgehead atoms. The molecule has 0 fully saturated rings. The molecule has 0 saturated heterocycles. The van der Waals surface area contributed by atoms with E-state index in [1.165, 1.54) is 0 Å². The minimum Gasteiger partial charge on any atom is -0.467 e. The highest BCUT2D eigenvalue weighted by Gasteiger charge is 2.35. The Labute approximate surface area is 95.4 Å². The molecular weight excluding hydrogens is 240 g/mol. The molecule has 11 heteroatoms. The Morgan fingerprint density at radius 3 is 2.71 bits per heavy atom. The predicted molar refractivity (Wildman–Crippen MR) is 49.9 cm³/mol. The minimum absolute atomic E-state index is 0.383. The van der Waals surface area contributed by atoms with Gasteiger partial charge in [-0.25, -0.2) is 9.59 Å². The van der Waals surface area contributed by atoms with Crippen LogP contribution in [0.5, 0.6) is 0 Å². The third-order valence-electron chi connectivity index (χ3n) is 1.49. The van der Waals surface area contributed by atoms with E-state index < -0.39 is 30.9 Å². The molecule has 0 aromatic carbocycles. The maximum absolute atomic E-state index is 11.8. The summed E-state index contributed by atoms with van der Waals surface area (Å²) >= 11 is 0. The van der Waals surface area contributed by atoms with Gasteiger partial charge in [-0.1, -0.05) is 5.11 Å². The van der Waals surface area contributed by atoms with Crippen LogP contribution in [-0.2, 0) is 23.7 Å². The fraction of sp³-hybridized carbons (Fsp3) is 0.667. The van der Waals surface area contributed by atoms with Crippen LogP contribution in [0.1, 0.15) is 0 Å². The van der Waals surface area contributed by atoms with Gasteiger partial charge in [-0.15, -0.1) is 0 Å². The number of rotatable bonds is 7. The van der Waals surface area contributed by atoms with E-state index >= 15 is 0 Å². The molecule has 0 aromatic rings. The van der Waals surface area contributed by atoms with Gasteiger partial charge < -0.3 is 19.2 Å². The average molecular weight is 248 g/mol. The number of ether oxygens (including phenoxy) is 2. The molecule has 0 spiro atoms. The number of hydrogen-bond acceptors (Lipinski definition) is 7.